The van der Waals surface area contributed by atoms with Gasteiger partial charge in [-0.15, -0.1) is 0 Å². The topological polar surface area (TPSA) is 54.2 Å². The molecular formula is C20H22N4O. The number of hydrogen-bond donors (Lipinski definition) is 1. The Morgan fingerprint density at radius 2 is 1.64 bits per heavy atom. The van der Waals surface area contributed by atoms with E-state index in [0.29, 0.717) is 17.9 Å². The highest BCUT2D eigenvalue weighted by Crippen LogP contribution is 2.20. The Morgan fingerprint density at radius 3 is 2.36 bits per heavy atom. The quantitative estimate of drug-likeness (QED) is 0.769. The maximum Gasteiger partial charge on any atom is 0.322 e. The molecule has 128 valence electrons. The number of hydrogen-bond acceptors (Lipinski definition) is 5. The Kier molecular flexibility index (Phi) is 4.74. The van der Waals surface area contributed by atoms with Crippen molar-refractivity contribution in [1.29, 1.82) is 0 Å². The number of piperidine rings is 1. The summed E-state index contributed by atoms with van der Waals surface area (Å²) >= 11 is 0. The third kappa shape index (κ3) is 4.06. The Bertz CT molecular complexity index is 780. The van der Waals surface area contributed by atoms with E-state index >= 15 is 0 Å². The van der Waals surface area contributed by atoms with Crippen LogP contribution in [0.25, 0.3) is 11.4 Å². The lowest BCUT2D eigenvalue weighted by Gasteiger charge is -2.31. The van der Waals surface area contributed by atoms with Crippen molar-refractivity contribution in [3.63, 3.8) is 0 Å². The number of rotatable bonds is 5. The monoisotopic (exact) mass is 334 g/mol. The zero-order chi connectivity index (χ0) is 16.9. The van der Waals surface area contributed by atoms with Gasteiger partial charge in [-0.3, -0.25) is 4.90 Å². The molecular weight excluding hydrogens is 312 g/mol. The zero-order valence-electron chi connectivity index (χ0n) is 14.1. The van der Waals surface area contributed by atoms with Gasteiger partial charge in [-0.25, -0.2) is 0 Å². The van der Waals surface area contributed by atoms with Crippen molar-refractivity contribution in [3.05, 3.63) is 66.2 Å². The van der Waals surface area contributed by atoms with E-state index < -0.39 is 0 Å². The molecule has 1 N–H and O–H groups in total. The first-order valence-corrected chi connectivity index (χ1v) is 8.79. The Balaban J connectivity index is 1.30. The van der Waals surface area contributed by atoms with E-state index in [1.807, 2.05) is 30.3 Å². The molecule has 0 radical (unpaired) electrons. The van der Waals surface area contributed by atoms with Crippen LogP contribution < -0.4 is 5.32 Å². The molecule has 1 fully saturated rings. The minimum Gasteiger partial charge on any atom is -0.335 e. The van der Waals surface area contributed by atoms with Gasteiger partial charge in [0.15, 0.2) is 0 Å². The van der Waals surface area contributed by atoms with Gasteiger partial charge in [-0.05, 0) is 18.4 Å². The second-order valence-electron chi connectivity index (χ2n) is 6.47. The molecule has 1 aromatic heterocycles. The highest BCUT2D eigenvalue weighted by Gasteiger charge is 2.21. The Hall–Kier alpha value is -2.66. The number of anilines is 1. The van der Waals surface area contributed by atoms with Crippen LogP contribution in [0.2, 0.25) is 0 Å². The van der Waals surface area contributed by atoms with Gasteiger partial charge in [0, 0.05) is 31.2 Å². The lowest BCUT2D eigenvalue weighted by molar-refractivity contribution is 0.210. The first-order chi connectivity index (χ1) is 12.4. The molecule has 1 aliphatic heterocycles. The van der Waals surface area contributed by atoms with Crippen molar-refractivity contribution in [2.45, 2.75) is 25.4 Å². The smallest absolute Gasteiger partial charge is 0.322 e. The van der Waals surface area contributed by atoms with E-state index in [1.165, 1.54) is 5.56 Å². The summed E-state index contributed by atoms with van der Waals surface area (Å²) in [6, 6.07) is 21.4. The number of likely N-dealkylation sites (tertiary alicyclic amines) is 1. The van der Waals surface area contributed by atoms with Crippen LogP contribution in [0, 0.1) is 0 Å². The summed E-state index contributed by atoms with van der Waals surface area (Å²) < 4.78 is 5.36. The van der Waals surface area contributed by atoms with E-state index in [9.17, 15) is 0 Å². The fourth-order valence-corrected chi connectivity index (χ4v) is 3.24. The molecule has 0 atom stereocenters. The lowest BCUT2D eigenvalue weighted by atomic mass is 10.0. The zero-order valence-corrected chi connectivity index (χ0v) is 14.1. The molecule has 2 heterocycles. The maximum absolute atomic E-state index is 5.36. The van der Waals surface area contributed by atoms with Gasteiger partial charge in [-0.2, -0.15) is 4.98 Å². The van der Waals surface area contributed by atoms with Crippen LogP contribution in [0.3, 0.4) is 0 Å². The van der Waals surface area contributed by atoms with Crippen molar-refractivity contribution in [2.75, 3.05) is 18.4 Å². The number of nitrogens with zero attached hydrogens (tertiary/aromatic N) is 3. The van der Waals surface area contributed by atoms with Crippen molar-refractivity contribution in [2.24, 2.45) is 0 Å². The molecule has 0 amide bonds. The van der Waals surface area contributed by atoms with Crippen molar-refractivity contribution in [3.8, 4) is 11.4 Å². The maximum atomic E-state index is 5.36. The predicted octanol–water partition coefficient (Wildman–Crippen LogP) is 3.81. The molecule has 1 aliphatic rings. The molecule has 0 unspecified atom stereocenters. The first kappa shape index (κ1) is 15.8. The van der Waals surface area contributed by atoms with Crippen molar-refractivity contribution in [1.82, 2.24) is 15.0 Å². The highest BCUT2D eigenvalue weighted by molar-refractivity contribution is 5.54. The van der Waals surface area contributed by atoms with Gasteiger partial charge < -0.3 is 9.84 Å². The predicted molar refractivity (Wildman–Crippen MR) is 98.1 cm³/mol. The molecule has 0 bridgehead atoms. The SMILES string of the molecule is c1ccc(CN2CCC(Nc3nc(-c4ccccc4)no3)CC2)cc1. The fraction of sp³-hybridized carbons (Fsp3) is 0.300. The van der Waals surface area contributed by atoms with Crippen LogP contribution in [0.1, 0.15) is 18.4 Å². The second-order valence-corrected chi connectivity index (χ2v) is 6.47. The van der Waals surface area contributed by atoms with Gasteiger partial charge in [0.25, 0.3) is 0 Å². The second kappa shape index (κ2) is 7.49. The van der Waals surface area contributed by atoms with Crippen molar-refractivity contribution >= 4 is 6.01 Å². The van der Waals surface area contributed by atoms with Crippen LogP contribution in [-0.4, -0.2) is 34.2 Å². The molecule has 3 aromatic rings. The van der Waals surface area contributed by atoms with E-state index in [0.717, 1.165) is 38.0 Å². The summed E-state index contributed by atoms with van der Waals surface area (Å²) in [6.45, 7) is 3.17. The molecule has 0 saturated carbocycles. The summed E-state index contributed by atoms with van der Waals surface area (Å²) in [4.78, 5) is 6.96. The standard InChI is InChI=1S/C20H22N4O/c1-3-7-16(8-4-1)15-24-13-11-18(12-14-24)21-20-22-19(23-25-20)17-9-5-2-6-10-17/h1-10,18H,11-15H2,(H,21,22,23). The third-order valence-corrected chi connectivity index (χ3v) is 4.62. The van der Waals surface area contributed by atoms with Gasteiger partial charge in [0.2, 0.25) is 5.82 Å². The summed E-state index contributed by atoms with van der Waals surface area (Å²) in [6.07, 6.45) is 2.16. The van der Waals surface area contributed by atoms with Gasteiger partial charge >= 0.3 is 6.01 Å². The van der Waals surface area contributed by atoms with Gasteiger partial charge in [0.05, 0.1) is 0 Å². The first-order valence-electron chi connectivity index (χ1n) is 8.79. The molecule has 1 saturated heterocycles. The van der Waals surface area contributed by atoms with Crippen LogP contribution in [0.15, 0.2) is 65.2 Å². The number of nitrogens with one attached hydrogen (secondary N) is 1. The minimum atomic E-state index is 0.385. The molecule has 4 rings (SSSR count). The van der Waals surface area contributed by atoms with Crippen LogP contribution in [-0.2, 0) is 6.54 Å². The van der Waals surface area contributed by atoms with Crippen LogP contribution in [0.4, 0.5) is 6.01 Å². The molecule has 5 nitrogen and oxygen atoms in total. The van der Waals surface area contributed by atoms with Gasteiger partial charge in [-0.1, -0.05) is 65.8 Å². The highest BCUT2D eigenvalue weighted by atomic mass is 16.5. The van der Waals surface area contributed by atoms with Crippen molar-refractivity contribution < 1.29 is 4.52 Å². The van der Waals surface area contributed by atoms with E-state index in [1.54, 1.807) is 0 Å². The molecule has 5 heteroatoms. The Labute approximate surface area is 147 Å². The number of benzene rings is 2. The van der Waals surface area contributed by atoms with Crippen LogP contribution in [0.5, 0.6) is 0 Å². The fourth-order valence-electron chi connectivity index (χ4n) is 3.24. The molecule has 0 spiro atoms. The van der Waals surface area contributed by atoms with Crippen LogP contribution >= 0.6 is 0 Å². The Morgan fingerprint density at radius 1 is 0.960 bits per heavy atom. The van der Waals surface area contributed by atoms with Gasteiger partial charge in [0.1, 0.15) is 0 Å². The average molecular weight is 334 g/mol. The largest absolute Gasteiger partial charge is 0.335 e. The normalized spacial score (nSPS) is 16.0. The molecule has 0 aliphatic carbocycles. The van der Waals surface area contributed by atoms with E-state index in [2.05, 4.69) is 50.7 Å². The summed E-state index contributed by atoms with van der Waals surface area (Å²) in [5, 5.41) is 7.45. The lowest BCUT2D eigenvalue weighted by Crippen LogP contribution is -2.38. The van der Waals surface area contributed by atoms with E-state index in [-0.39, 0.29) is 0 Å². The summed E-state index contributed by atoms with van der Waals surface area (Å²) in [7, 11) is 0. The third-order valence-electron chi connectivity index (χ3n) is 4.62. The summed E-state index contributed by atoms with van der Waals surface area (Å²) in [5.41, 5.74) is 2.34. The summed E-state index contributed by atoms with van der Waals surface area (Å²) in [5.74, 6) is 0.629. The average Bonchev–Trinajstić information content (AvgIpc) is 3.14. The number of aromatic nitrogens is 2. The minimum absolute atomic E-state index is 0.385. The van der Waals surface area contributed by atoms with E-state index in [4.69, 9.17) is 4.52 Å². The molecule has 2 aromatic carbocycles. The molecule has 25 heavy (non-hydrogen) atoms.